The number of aromatic hydroxyl groups is 1. The zero-order valence-electron chi connectivity index (χ0n) is 7.82. The third-order valence-electron chi connectivity index (χ3n) is 2.00. The van der Waals surface area contributed by atoms with Crippen molar-refractivity contribution in [2.24, 2.45) is 5.73 Å². The average molecular weight is 559 g/mol. The topological polar surface area (TPSA) is 83.6 Å². The van der Waals surface area contributed by atoms with Gasteiger partial charge >= 0.3 is 5.97 Å². The maximum atomic E-state index is 11.1. The molecule has 0 aromatic heterocycles. The van der Waals surface area contributed by atoms with Crippen molar-refractivity contribution in [3.05, 3.63) is 29.8 Å². The van der Waals surface area contributed by atoms with E-state index in [1.165, 1.54) is 12.1 Å². The van der Waals surface area contributed by atoms with Gasteiger partial charge in [-0.3, -0.25) is 0 Å². The van der Waals surface area contributed by atoms with E-state index in [9.17, 15) is 9.90 Å². The monoisotopic (exact) mass is 559 g/mol. The fourth-order valence-electron chi connectivity index (χ4n) is 1.02. The minimum Gasteiger partial charge on any atom is -0.508 e. The summed E-state index contributed by atoms with van der Waals surface area (Å²) in [4.78, 5) is 11.1. The van der Waals surface area contributed by atoms with Gasteiger partial charge in [-0.05, 0) is 40.3 Å². The zero-order valence-corrected chi connectivity index (χ0v) is 14.3. The highest BCUT2D eigenvalue weighted by Crippen LogP contribution is 2.50. The molecule has 0 spiro atoms. The summed E-state index contributed by atoms with van der Waals surface area (Å²) in [5.41, 5.74) is 6.56. The van der Waals surface area contributed by atoms with Crippen molar-refractivity contribution >= 4 is 73.7 Å². The molecule has 4 nitrogen and oxygen atoms in total. The summed E-state index contributed by atoms with van der Waals surface area (Å²) in [5.74, 6) is -0.941. The van der Waals surface area contributed by atoms with Gasteiger partial charge in [-0.25, -0.2) is 4.79 Å². The highest BCUT2D eigenvalue weighted by Gasteiger charge is 2.50. The first-order valence-corrected chi connectivity index (χ1v) is 7.31. The molecule has 0 aliphatic heterocycles. The summed E-state index contributed by atoms with van der Waals surface area (Å²) in [6.07, 6.45) is 0. The van der Waals surface area contributed by atoms with Crippen LogP contribution < -0.4 is 5.73 Å². The molecule has 0 aliphatic carbocycles. The van der Waals surface area contributed by atoms with E-state index in [1.54, 1.807) is 34.7 Å². The van der Waals surface area contributed by atoms with Crippen molar-refractivity contribution < 1.29 is 15.0 Å². The average Bonchev–Trinajstić information content (AvgIpc) is 2.17. The lowest BCUT2D eigenvalue weighted by Crippen LogP contribution is -2.52. The molecular formula is C9H8I3NO3. The van der Waals surface area contributed by atoms with Crippen molar-refractivity contribution in [1.82, 2.24) is 0 Å². The van der Waals surface area contributed by atoms with E-state index in [1.807, 2.05) is 45.2 Å². The Bertz CT molecular complexity index is 403. The van der Waals surface area contributed by atoms with Gasteiger partial charge in [0.15, 0.2) is 3.55 Å². The number of rotatable bonds is 3. The highest BCUT2D eigenvalue weighted by molar-refractivity contribution is 14.2. The molecule has 0 unspecified atom stereocenters. The number of benzene rings is 1. The molecule has 0 fully saturated rings. The van der Waals surface area contributed by atoms with E-state index in [-0.39, 0.29) is 5.75 Å². The molecule has 0 radical (unpaired) electrons. The number of aliphatic carboxylic acids is 1. The Kier molecular flexibility index (Phi) is 4.68. The van der Waals surface area contributed by atoms with Gasteiger partial charge in [0, 0.05) is 0 Å². The highest BCUT2D eigenvalue weighted by atomic mass is 127. The van der Waals surface area contributed by atoms with Crippen LogP contribution in [0.4, 0.5) is 0 Å². The van der Waals surface area contributed by atoms with Crippen molar-refractivity contribution in [3.8, 4) is 5.75 Å². The first kappa shape index (κ1) is 14.7. The van der Waals surface area contributed by atoms with Crippen LogP contribution in [0.2, 0.25) is 0 Å². The van der Waals surface area contributed by atoms with Crippen LogP contribution in [0, 0.1) is 0 Å². The Morgan fingerprint density at radius 2 is 1.62 bits per heavy atom. The number of hydrogen-bond acceptors (Lipinski definition) is 3. The number of alkyl halides is 3. The zero-order chi connectivity index (χ0) is 12.6. The predicted octanol–water partition coefficient (Wildman–Crippen LogP) is 2.59. The van der Waals surface area contributed by atoms with Crippen LogP contribution in [0.15, 0.2) is 24.3 Å². The smallest absolute Gasteiger partial charge is 0.336 e. The Hall–Kier alpha value is 0.640. The quantitative estimate of drug-likeness (QED) is 0.303. The number of hydrogen-bond donors (Lipinski definition) is 3. The minimum absolute atomic E-state index is 0.138. The van der Waals surface area contributed by atoms with Gasteiger partial charge in [0.05, 0.1) is 0 Å². The second-order valence-electron chi connectivity index (χ2n) is 3.14. The predicted molar refractivity (Wildman–Crippen MR) is 86.4 cm³/mol. The van der Waals surface area contributed by atoms with E-state index < -0.39 is 10.9 Å². The molecule has 7 heteroatoms. The van der Waals surface area contributed by atoms with Crippen molar-refractivity contribution in [1.29, 1.82) is 0 Å². The van der Waals surface area contributed by atoms with E-state index >= 15 is 0 Å². The van der Waals surface area contributed by atoms with E-state index in [0.717, 1.165) is 5.56 Å². The van der Waals surface area contributed by atoms with Crippen molar-refractivity contribution in [2.75, 3.05) is 0 Å². The maximum Gasteiger partial charge on any atom is 0.336 e. The largest absolute Gasteiger partial charge is 0.508 e. The molecule has 0 bridgehead atoms. The minimum atomic E-state index is -1.43. The van der Waals surface area contributed by atoms with Crippen LogP contribution in [0.5, 0.6) is 5.75 Å². The van der Waals surface area contributed by atoms with Crippen molar-refractivity contribution in [3.63, 3.8) is 0 Å². The first-order chi connectivity index (χ1) is 7.19. The van der Waals surface area contributed by atoms with E-state index in [4.69, 9.17) is 10.8 Å². The number of nitrogens with two attached hydrogens (primary N) is 1. The Morgan fingerprint density at radius 3 is 2.00 bits per heavy atom. The number of carboxylic acids is 1. The lowest BCUT2D eigenvalue weighted by molar-refractivity contribution is -0.139. The van der Waals surface area contributed by atoms with Gasteiger partial charge in [0.1, 0.15) is 7.18 Å². The summed E-state index contributed by atoms with van der Waals surface area (Å²) < 4.78 is -2.23. The molecule has 4 N–H and O–H groups in total. The standard InChI is InChI=1S/C9H8I3NO3/c10-8(11,9(12,13)7(15)16)5-1-3-6(14)4-2-5/h1-4,14H,13H2,(H,15,16)/t9-/m1/s1. The van der Waals surface area contributed by atoms with Crippen LogP contribution in [-0.4, -0.2) is 19.7 Å². The Balaban J connectivity index is 3.20. The summed E-state index contributed by atoms with van der Waals surface area (Å²) in [5, 5.41) is 18.3. The molecule has 1 aromatic rings. The summed E-state index contributed by atoms with van der Waals surface area (Å²) >= 11 is 5.73. The van der Waals surface area contributed by atoms with Crippen LogP contribution in [-0.2, 0) is 6.22 Å². The molecule has 0 saturated heterocycles. The number of phenolic OH excluding ortho intramolecular Hbond substituents is 1. The van der Waals surface area contributed by atoms with Crippen LogP contribution >= 0.6 is 67.8 Å². The Labute approximate surface area is 133 Å². The molecular weight excluding hydrogens is 551 g/mol. The van der Waals surface area contributed by atoms with Crippen LogP contribution in [0.25, 0.3) is 0 Å². The number of carbonyl (C=O) groups is 1. The fraction of sp³-hybridized carbons (Fsp3) is 0.222. The second kappa shape index (κ2) is 5.10. The van der Waals surface area contributed by atoms with Crippen molar-refractivity contribution in [2.45, 2.75) is 4.97 Å². The summed E-state index contributed by atoms with van der Waals surface area (Å²) in [7, 11) is 0. The van der Waals surface area contributed by atoms with Gasteiger partial charge < -0.3 is 15.9 Å². The molecule has 16 heavy (non-hydrogen) atoms. The van der Waals surface area contributed by atoms with Gasteiger partial charge in [-0.1, -0.05) is 57.3 Å². The first-order valence-electron chi connectivity index (χ1n) is 4.08. The van der Waals surface area contributed by atoms with E-state index in [2.05, 4.69) is 0 Å². The molecule has 88 valence electrons. The third-order valence-corrected chi connectivity index (χ3v) is 8.28. The summed E-state index contributed by atoms with van der Waals surface area (Å²) in [6, 6.07) is 6.35. The maximum absolute atomic E-state index is 11.1. The molecule has 0 heterocycles. The molecule has 0 aliphatic rings. The SMILES string of the molecule is N[C@](I)(C(=O)O)C(I)(I)c1ccc(O)cc1. The van der Waals surface area contributed by atoms with Gasteiger partial charge in [-0.15, -0.1) is 0 Å². The van der Waals surface area contributed by atoms with E-state index in [0.29, 0.717) is 0 Å². The molecule has 1 atom stereocenters. The van der Waals surface area contributed by atoms with Crippen LogP contribution in [0.3, 0.4) is 0 Å². The lowest BCUT2D eigenvalue weighted by Gasteiger charge is -2.32. The van der Waals surface area contributed by atoms with Gasteiger partial charge in [-0.2, -0.15) is 0 Å². The Morgan fingerprint density at radius 1 is 1.19 bits per heavy atom. The number of phenols is 1. The second-order valence-corrected chi connectivity index (χ2v) is 10.1. The van der Waals surface area contributed by atoms with Gasteiger partial charge in [0.2, 0.25) is 0 Å². The normalized spacial score (nSPS) is 15.5. The lowest BCUT2D eigenvalue weighted by atomic mass is 10.1. The fourth-order valence-corrected chi connectivity index (χ4v) is 2.51. The molecule has 1 rings (SSSR count). The number of carboxylic acid groups (broad SMARTS) is 1. The van der Waals surface area contributed by atoms with Crippen LogP contribution in [0.1, 0.15) is 5.56 Å². The molecule has 0 saturated carbocycles. The third kappa shape index (κ3) is 2.72. The molecule has 0 amide bonds. The van der Waals surface area contributed by atoms with Gasteiger partial charge in [0.25, 0.3) is 0 Å². The number of halogens is 3. The summed E-state index contributed by atoms with van der Waals surface area (Å²) in [6.45, 7) is 0. The molecule has 1 aromatic carbocycles.